The highest BCUT2D eigenvalue weighted by molar-refractivity contribution is 6.29. The first-order chi connectivity index (χ1) is 6.69. The Morgan fingerprint density at radius 3 is 2.93 bits per heavy atom. The molecule has 14 heavy (non-hydrogen) atoms. The summed E-state index contributed by atoms with van der Waals surface area (Å²) in [5.74, 6) is 1.39. The zero-order valence-electron chi connectivity index (χ0n) is 7.79. The van der Waals surface area contributed by atoms with Crippen molar-refractivity contribution in [2.24, 2.45) is 5.92 Å². The van der Waals surface area contributed by atoms with Crippen LogP contribution in [0.25, 0.3) is 0 Å². The van der Waals surface area contributed by atoms with Gasteiger partial charge in [-0.15, -0.1) is 0 Å². The van der Waals surface area contributed by atoms with Crippen molar-refractivity contribution < 1.29 is 0 Å². The molecule has 1 saturated carbocycles. The molecule has 1 heterocycles. The lowest BCUT2D eigenvalue weighted by Gasteiger charge is -2.04. The lowest BCUT2D eigenvalue weighted by atomic mass is 10.3. The van der Waals surface area contributed by atoms with E-state index in [9.17, 15) is 0 Å². The molecular weight excluding hydrogens is 198 g/mol. The lowest BCUT2D eigenvalue weighted by Crippen LogP contribution is -2.05. The van der Waals surface area contributed by atoms with Crippen molar-refractivity contribution >= 4 is 17.4 Å². The number of nitrogens with one attached hydrogen (secondary N) is 1. The number of nitrogens with zero attached hydrogens (tertiary/aromatic N) is 2. The molecule has 3 nitrogen and oxygen atoms in total. The van der Waals surface area contributed by atoms with E-state index in [-0.39, 0.29) is 0 Å². The number of rotatable bonds is 2. The fourth-order valence-electron chi connectivity index (χ4n) is 1.35. The van der Waals surface area contributed by atoms with Gasteiger partial charge in [0.25, 0.3) is 0 Å². The van der Waals surface area contributed by atoms with Gasteiger partial charge in [-0.1, -0.05) is 18.5 Å². The van der Waals surface area contributed by atoms with Crippen LogP contribution in [0.1, 0.15) is 18.9 Å². The summed E-state index contributed by atoms with van der Waals surface area (Å²) in [5, 5.41) is 12.3. The molecule has 1 aliphatic rings. The van der Waals surface area contributed by atoms with Crippen LogP contribution in [0.2, 0.25) is 5.15 Å². The molecule has 72 valence electrons. The average molecular weight is 208 g/mol. The van der Waals surface area contributed by atoms with Crippen molar-refractivity contribution in [2.75, 3.05) is 5.32 Å². The van der Waals surface area contributed by atoms with Crippen LogP contribution in [-0.4, -0.2) is 11.0 Å². The zero-order chi connectivity index (χ0) is 10.1. The first kappa shape index (κ1) is 9.29. The average Bonchev–Trinajstić information content (AvgIpc) is 2.80. The summed E-state index contributed by atoms with van der Waals surface area (Å²) < 4.78 is 0. The minimum Gasteiger partial charge on any atom is -0.367 e. The lowest BCUT2D eigenvalue weighted by molar-refractivity contribution is 0.923. The monoisotopic (exact) mass is 207 g/mol. The minimum atomic E-state index is 0.361. The summed E-state index contributed by atoms with van der Waals surface area (Å²) in [4.78, 5) is 4.10. The molecule has 1 aromatic rings. The molecule has 0 spiro atoms. The van der Waals surface area contributed by atoms with Crippen LogP contribution in [0.3, 0.4) is 0 Å². The Morgan fingerprint density at radius 1 is 1.64 bits per heavy atom. The fraction of sp³-hybridized carbons (Fsp3) is 0.400. The highest BCUT2D eigenvalue weighted by atomic mass is 35.5. The van der Waals surface area contributed by atoms with Crippen LogP contribution in [0.4, 0.5) is 5.82 Å². The summed E-state index contributed by atoms with van der Waals surface area (Å²) in [5.41, 5.74) is 0.542. The van der Waals surface area contributed by atoms with E-state index >= 15 is 0 Å². The van der Waals surface area contributed by atoms with Gasteiger partial charge in [-0.25, -0.2) is 4.98 Å². The van der Waals surface area contributed by atoms with Gasteiger partial charge in [0.2, 0.25) is 0 Å². The number of hydrogen-bond donors (Lipinski definition) is 1. The first-order valence-corrected chi connectivity index (χ1v) is 4.91. The van der Waals surface area contributed by atoms with Crippen LogP contribution < -0.4 is 5.32 Å². The van der Waals surface area contributed by atoms with Gasteiger partial charge >= 0.3 is 0 Å². The van der Waals surface area contributed by atoms with Gasteiger partial charge in [-0.05, 0) is 24.5 Å². The second kappa shape index (κ2) is 3.47. The Kier molecular flexibility index (Phi) is 2.30. The second-order valence-corrected chi connectivity index (χ2v) is 4.03. The third-order valence-electron chi connectivity index (χ3n) is 2.37. The SMILES string of the molecule is CC1CC1Nc1cc(C#N)cc(Cl)n1. The standard InChI is InChI=1S/C10H10ClN3/c1-6-2-8(6)13-10-4-7(5-12)3-9(11)14-10/h3-4,6,8H,2H2,1H3,(H,13,14). The fourth-order valence-corrected chi connectivity index (χ4v) is 1.56. The zero-order valence-corrected chi connectivity index (χ0v) is 8.54. The Morgan fingerprint density at radius 2 is 2.36 bits per heavy atom. The third kappa shape index (κ3) is 1.97. The van der Waals surface area contributed by atoms with E-state index in [1.807, 2.05) is 6.07 Å². The number of anilines is 1. The first-order valence-electron chi connectivity index (χ1n) is 4.53. The number of halogens is 1. The molecule has 1 fully saturated rings. The molecule has 0 aromatic carbocycles. The van der Waals surface area contributed by atoms with Crippen molar-refractivity contribution in [1.29, 1.82) is 5.26 Å². The summed E-state index contributed by atoms with van der Waals surface area (Å²) in [6.45, 7) is 2.17. The molecule has 4 heteroatoms. The Labute approximate surface area is 87.7 Å². The molecule has 2 atom stereocenters. The van der Waals surface area contributed by atoms with Crippen LogP contribution in [-0.2, 0) is 0 Å². The minimum absolute atomic E-state index is 0.361. The maximum absolute atomic E-state index is 8.72. The molecule has 2 unspecified atom stereocenters. The van der Waals surface area contributed by atoms with Gasteiger partial charge in [-0.2, -0.15) is 5.26 Å². The molecule has 0 bridgehead atoms. The molecule has 2 rings (SSSR count). The van der Waals surface area contributed by atoms with E-state index < -0.39 is 0 Å². The Balaban J connectivity index is 2.17. The van der Waals surface area contributed by atoms with E-state index in [2.05, 4.69) is 17.2 Å². The van der Waals surface area contributed by atoms with E-state index in [0.717, 1.165) is 6.42 Å². The van der Waals surface area contributed by atoms with E-state index in [1.54, 1.807) is 12.1 Å². The predicted molar refractivity (Wildman–Crippen MR) is 55.2 cm³/mol. The highest BCUT2D eigenvalue weighted by Crippen LogP contribution is 2.32. The van der Waals surface area contributed by atoms with Crippen LogP contribution in [0.15, 0.2) is 12.1 Å². The van der Waals surface area contributed by atoms with Gasteiger partial charge in [-0.3, -0.25) is 0 Å². The van der Waals surface area contributed by atoms with Gasteiger partial charge in [0, 0.05) is 6.04 Å². The van der Waals surface area contributed by atoms with Gasteiger partial charge < -0.3 is 5.32 Å². The molecule has 0 radical (unpaired) electrons. The normalized spacial score (nSPS) is 24.1. The summed E-state index contributed by atoms with van der Waals surface area (Å²) in [7, 11) is 0. The molecule has 1 aromatic heterocycles. The summed E-state index contributed by atoms with van der Waals surface area (Å²) in [6.07, 6.45) is 1.16. The van der Waals surface area contributed by atoms with Crippen molar-refractivity contribution in [3.05, 3.63) is 22.8 Å². The topological polar surface area (TPSA) is 48.7 Å². The molecule has 0 aliphatic heterocycles. The summed E-state index contributed by atoms with van der Waals surface area (Å²) >= 11 is 5.77. The number of aromatic nitrogens is 1. The van der Waals surface area contributed by atoms with E-state index in [0.29, 0.717) is 28.5 Å². The molecular formula is C10H10ClN3. The molecule has 0 saturated heterocycles. The van der Waals surface area contributed by atoms with E-state index in [1.165, 1.54) is 0 Å². The number of nitriles is 1. The van der Waals surface area contributed by atoms with Gasteiger partial charge in [0.1, 0.15) is 11.0 Å². The number of hydrogen-bond acceptors (Lipinski definition) is 3. The maximum Gasteiger partial charge on any atom is 0.132 e. The number of pyridine rings is 1. The molecule has 0 amide bonds. The predicted octanol–water partition coefficient (Wildman–Crippen LogP) is 2.43. The second-order valence-electron chi connectivity index (χ2n) is 3.64. The summed E-state index contributed by atoms with van der Waals surface area (Å²) in [6, 6.07) is 5.82. The largest absolute Gasteiger partial charge is 0.367 e. The van der Waals surface area contributed by atoms with Crippen molar-refractivity contribution in [1.82, 2.24) is 4.98 Å². The molecule has 1 aliphatic carbocycles. The molecule has 1 N–H and O–H groups in total. The van der Waals surface area contributed by atoms with Crippen LogP contribution >= 0.6 is 11.6 Å². The van der Waals surface area contributed by atoms with Gasteiger partial charge in [0.05, 0.1) is 11.6 Å². The van der Waals surface area contributed by atoms with Crippen molar-refractivity contribution in [2.45, 2.75) is 19.4 Å². The van der Waals surface area contributed by atoms with E-state index in [4.69, 9.17) is 16.9 Å². The van der Waals surface area contributed by atoms with Crippen LogP contribution in [0, 0.1) is 17.2 Å². The van der Waals surface area contributed by atoms with Crippen molar-refractivity contribution in [3.63, 3.8) is 0 Å². The quantitative estimate of drug-likeness (QED) is 0.758. The third-order valence-corrected chi connectivity index (χ3v) is 2.56. The Bertz CT molecular complexity index is 397. The maximum atomic E-state index is 8.72. The van der Waals surface area contributed by atoms with Crippen molar-refractivity contribution in [3.8, 4) is 6.07 Å². The highest BCUT2D eigenvalue weighted by Gasteiger charge is 2.32. The van der Waals surface area contributed by atoms with Crippen LogP contribution in [0.5, 0.6) is 0 Å². The smallest absolute Gasteiger partial charge is 0.132 e. The Hall–Kier alpha value is -1.27. The van der Waals surface area contributed by atoms with Gasteiger partial charge in [0.15, 0.2) is 0 Å².